The molecule has 0 spiro atoms. The number of thioether (sulfide) groups is 1. The Morgan fingerprint density at radius 1 is 1.22 bits per heavy atom. The Balaban J connectivity index is 1.82. The summed E-state index contributed by atoms with van der Waals surface area (Å²) in [5.41, 5.74) is -0.117. The highest BCUT2D eigenvalue weighted by molar-refractivity contribution is 8.00. The maximum atomic E-state index is 12.9. The van der Waals surface area contributed by atoms with Gasteiger partial charge in [0.05, 0.1) is 18.4 Å². The number of urea groups is 1. The number of hydrogen-bond acceptors (Lipinski definition) is 6. The third-order valence-corrected chi connectivity index (χ3v) is 7.75. The fourth-order valence-corrected chi connectivity index (χ4v) is 6.46. The lowest BCUT2D eigenvalue weighted by Gasteiger charge is -2.49. The van der Waals surface area contributed by atoms with Crippen LogP contribution in [0.5, 0.6) is 0 Å². The number of methoxy groups -OCH3 is 1. The van der Waals surface area contributed by atoms with Gasteiger partial charge in [-0.2, -0.15) is 5.01 Å². The zero-order valence-corrected chi connectivity index (χ0v) is 17.5. The van der Waals surface area contributed by atoms with E-state index in [-0.39, 0.29) is 22.9 Å². The Labute approximate surface area is 166 Å². The second kappa shape index (κ2) is 9.47. The molecule has 7 nitrogen and oxygen atoms in total. The number of hydrazine groups is 1. The molecule has 0 bridgehead atoms. The van der Waals surface area contributed by atoms with E-state index in [0.29, 0.717) is 12.3 Å². The minimum atomic E-state index is -0.159. The summed E-state index contributed by atoms with van der Waals surface area (Å²) in [5.74, 6) is 1.18. The van der Waals surface area contributed by atoms with Gasteiger partial charge in [0.1, 0.15) is 0 Å². The lowest BCUT2D eigenvalue weighted by Crippen LogP contribution is -2.61. The van der Waals surface area contributed by atoms with Crippen LogP contribution in [0.1, 0.15) is 57.8 Å². The summed E-state index contributed by atoms with van der Waals surface area (Å²) in [4.78, 5) is 24.8. The van der Waals surface area contributed by atoms with Gasteiger partial charge < -0.3 is 15.4 Å². The molecular weight excluding hydrogens is 364 g/mol. The van der Waals surface area contributed by atoms with Crippen LogP contribution in [0.4, 0.5) is 4.79 Å². The molecule has 0 aromatic carbocycles. The summed E-state index contributed by atoms with van der Waals surface area (Å²) < 4.78 is 4.90. The molecule has 1 aliphatic carbocycles. The van der Waals surface area contributed by atoms with Crippen LogP contribution >= 0.6 is 11.8 Å². The van der Waals surface area contributed by atoms with Gasteiger partial charge in [0.25, 0.3) is 0 Å². The highest BCUT2D eigenvalue weighted by Crippen LogP contribution is 2.46. The van der Waals surface area contributed by atoms with E-state index < -0.39 is 0 Å². The molecule has 1 saturated carbocycles. The van der Waals surface area contributed by atoms with Gasteiger partial charge in [0, 0.05) is 19.0 Å². The van der Waals surface area contributed by atoms with Gasteiger partial charge in [-0.25, -0.2) is 9.80 Å². The van der Waals surface area contributed by atoms with Crippen molar-refractivity contribution in [2.75, 3.05) is 33.1 Å². The molecule has 3 aliphatic rings. The molecule has 0 radical (unpaired) electrons. The predicted octanol–water partition coefficient (Wildman–Crippen LogP) is 2.53. The molecule has 8 heteroatoms. The first-order valence-corrected chi connectivity index (χ1v) is 11.3. The summed E-state index contributed by atoms with van der Waals surface area (Å²) in [6.07, 6.45) is 9.00. The zero-order valence-electron chi connectivity index (χ0n) is 16.7. The first-order chi connectivity index (χ1) is 13.1. The standard InChI is InChI=1S/C19H34N4O3S/c1-20-18(25)23-17(15-7-12-21-13-8-15)27-14-22(23)19(9-4-3-5-10-19)11-6-16(24)26-2/h15,17,21H,3-14H2,1-2H3,(H,20,25). The van der Waals surface area contributed by atoms with Crippen LogP contribution < -0.4 is 10.6 Å². The maximum Gasteiger partial charge on any atom is 0.332 e. The highest BCUT2D eigenvalue weighted by atomic mass is 32.2. The molecule has 2 N–H and O–H groups in total. The molecule has 2 aliphatic heterocycles. The van der Waals surface area contributed by atoms with Crippen LogP contribution in [0.3, 0.4) is 0 Å². The van der Waals surface area contributed by atoms with Crippen molar-refractivity contribution in [3.63, 3.8) is 0 Å². The van der Waals surface area contributed by atoms with Gasteiger partial charge in [0.2, 0.25) is 0 Å². The molecule has 0 aromatic rings. The summed E-state index contributed by atoms with van der Waals surface area (Å²) in [5, 5.41) is 10.8. The lowest BCUT2D eigenvalue weighted by atomic mass is 9.78. The van der Waals surface area contributed by atoms with E-state index in [4.69, 9.17) is 4.74 Å². The third-order valence-electron chi connectivity index (χ3n) is 6.43. The van der Waals surface area contributed by atoms with Gasteiger partial charge in [-0.05, 0) is 51.1 Å². The topological polar surface area (TPSA) is 73.9 Å². The van der Waals surface area contributed by atoms with Gasteiger partial charge in [-0.15, -0.1) is 11.8 Å². The number of hydrogen-bond donors (Lipinski definition) is 2. The predicted molar refractivity (Wildman–Crippen MR) is 107 cm³/mol. The minimum Gasteiger partial charge on any atom is -0.469 e. The van der Waals surface area contributed by atoms with E-state index >= 15 is 0 Å². The van der Waals surface area contributed by atoms with Crippen LogP contribution in [0.2, 0.25) is 0 Å². The van der Waals surface area contributed by atoms with E-state index in [1.807, 2.05) is 16.8 Å². The van der Waals surface area contributed by atoms with Gasteiger partial charge in [-0.3, -0.25) is 4.79 Å². The van der Waals surface area contributed by atoms with Crippen LogP contribution in [0, 0.1) is 5.92 Å². The largest absolute Gasteiger partial charge is 0.469 e. The monoisotopic (exact) mass is 398 g/mol. The summed E-state index contributed by atoms with van der Waals surface area (Å²) in [6, 6.07) is -0.0217. The maximum absolute atomic E-state index is 12.9. The number of carbonyl (C=O) groups is 2. The smallest absolute Gasteiger partial charge is 0.332 e. The Bertz CT molecular complexity index is 521. The molecule has 154 valence electrons. The number of amides is 2. The molecule has 1 atom stereocenters. The van der Waals surface area contributed by atoms with Crippen molar-refractivity contribution in [2.24, 2.45) is 5.92 Å². The van der Waals surface area contributed by atoms with Crippen molar-refractivity contribution in [2.45, 2.75) is 68.7 Å². The van der Waals surface area contributed by atoms with Crippen LogP contribution in [-0.4, -0.2) is 66.1 Å². The molecular formula is C19H34N4O3S. The van der Waals surface area contributed by atoms with Crippen molar-refractivity contribution >= 4 is 23.8 Å². The molecule has 1 unspecified atom stereocenters. The molecule has 3 fully saturated rings. The quantitative estimate of drug-likeness (QED) is 0.694. The fraction of sp³-hybridized carbons (Fsp3) is 0.895. The molecule has 3 rings (SSSR count). The minimum absolute atomic E-state index is 0.0217. The number of esters is 1. The first kappa shape index (κ1) is 20.7. The van der Waals surface area contributed by atoms with E-state index in [9.17, 15) is 9.59 Å². The van der Waals surface area contributed by atoms with E-state index in [2.05, 4.69) is 15.6 Å². The molecule has 2 amide bonds. The summed E-state index contributed by atoms with van der Waals surface area (Å²) >= 11 is 1.89. The van der Waals surface area contributed by atoms with Crippen molar-refractivity contribution < 1.29 is 14.3 Å². The number of piperidine rings is 1. The van der Waals surface area contributed by atoms with Crippen LogP contribution in [-0.2, 0) is 9.53 Å². The SMILES string of the molecule is CNC(=O)N1C(C2CCNCC2)SCN1C1(CCC(=O)OC)CCCCC1. The average molecular weight is 399 g/mol. The van der Waals surface area contributed by atoms with Crippen LogP contribution in [0.15, 0.2) is 0 Å². The Kier molecular flexibility index (Phi) is 7.28. The van der Waals surface area contributed by atoms with Gasteiger partial charge >= 0.3 is 12.0 Å². The number of nitrogens with one attached hydrogen (secondary N) is 2. The van der Waals surface area contributed by atoms with Gasteiger partial charge in [-0.1, -0.05) is 19.3 Å². The Hall–Kier alpha value is -0.990. The van der Waals surface area contributed by atoms with Crippen molar-refractivity contribution in [3.05, 3.63) is 0 Å². The second-order valence-corrected chi connectivity index (χ2v) is 9.01. The van der Waals surface area contributed by atoms with E-state index in [1.165, 1.54) is 13.5 Å². The molecule has 0 aromatic heterocycles. The first-order valence-electron chi connectivity index (χ1n) is 10.3. The van der Waals surface area contributed by atoms with Crippen molar-refractivity contribution in [3.8, 4) is 0 Å². The number of nitrogens with zero attached hydrogens (tertiary/aromatic N) is 2. The lowest BCUT2D eigenvalue weighted by molar-refractivity contribution is -0.143. The summed E-state index contributed by atoms with van der Waals surface area (Å²) in [7, 11) is 3.16. The van der Waals surface area contributed by atoms with E-state index in [0.717, 1.165) is 63.9 Å². The third kappa shape index (κ3) is 4.54. The molecule has 2 saturated heterocycles. The molecule has 2 heterocycles. The average Bonchev–Trinajstić information content (AvgIpc) is 3.18. The molecule has 27 heavy (non-hydrogen) atoms. The van der Waals surface area contributed by atoms with Crippen molar-refractivity contribution in [1.82, 2.24) is 20.7 Å². The number of rotatable bonds is 5. The number of carbonyl (C=O) groups excluding carboxylic acids is 2. The van der Waals surface area contributed by atoms with Gasteiger partial charge in [0.15, 0.2) is 0 Å². The summed E-state index contributed by atoms with van der Waals surface area (Å²) in [6.45, 7) is 2.05. The number of ether oxygens (including phenoxy) is 1. The van der Waals surface area contributed by atoms with Crippen LogP contribution in [0.25, 0.3) is 0 Å². The Morgan fingerprint density at radius 3 is 2.56 bits per heavy atom. The van der Waals surface area contributed by atoms with Crippen molar-refractivity contribution in [1.29, 1.82) is 0 Å². The normalized spacial score (nSPS) is 26.7. The fourth-order valence-electron chi connectivity index (χ4n) is 4.87. The van der Waals surface area contributed by atoms with E-state index in [1.54, 1.807) is 7.05 Å². The highest BCUT2D eigenvalue weighted by Gasteiger charge is 2.50. The zero-order chi connectivity index (χ0) is 19.3. The second-order valence-electron chi connectivity index (χ2n) is 7.93. The Morgan fingerprint density at radius 2 is 1.93 bits per heavy atom.